The number of nitrogens with zero attached hydrogens (tertiary/aromatic N) is 1. The van der Waals surface area contributed by atoms with Gasteiger partial charge in [0.1, 0.15) is 0 Å². The largest absolute Gasteiger partial charge is 0.493 e. The number of hydrogen-bond acceptors (Lipinski definition) is 4. The predicted molar refractivity (Wildman–Crippen MR) is 87.2 cm³/mol. The summed E-state index contributed by atoms with van der Waals surface area (Å²) in [6.45, 7) is 0. The second kappa shape index (κ2) is 7.20. The molecule has 110 valence electrons. The number of methoxy groups -OCH3 is 2. The first kappa shape index (κ1) is 15.5. The van der Waals surface area contributed by atoms with Crippen molar-refractivity contribution in [3.05, 3.63) is 52.0 Å². The van der Waals surface area contributed by atoms with Crippen LogP contribution in [0.3, 0.4) is 0 Å². The summed E-state index contributed by atoms with van der Waals surface area (Å²) < 4.78 is 10.4. The molecule has 0 aromatic heterocycles. The van der Waals surface area contributed by atoms with Crippen LogP contribution < -0.4 is 14.9 Å². The van der Waals surface area contributed by atoms with Crippen LogP contribution >= 0.6 is 23.2 Å². The van der Waals surface area contributed by atoms with Crippen molar-refractivity contribution < 1.29 is 9.47 Å². The summed E-state index contributed by atoms with van der Waals surface area (Å²) >= 11 is 11.8. The number of benzene rings is 2. The van der Waals surface area contributed by atoms with Gasteiger partial charge in [0.2, 0.25) is 0 Å². The molecule has 0 atom stereocenters. The van der Waals surface area contributed by atoms with Crippen LogP contribution in [0, 0.1) is 0 Å². The van der Waals surface area contributed by atoms with Crippen LogP contribution in [0.5, 0.6) is 11.5 Å². The van der Waals surface area contributed by atoms with E-state index in [1.54, 1.807) is 38.6 Å². The minimum absolute atomic E-state index is 0.475. The Morgan fingerprint density at radius 2 is 1.71 bits per heavy atom. The number of halogens is 2. The van der Waals surface area contributed by atoms with Crippen molar-refractivity contribution in [3.63, 3.8) is 0 Å². The molecule has 4 nitrogen and oxygen atoms in total. The summed E-state index contributed by atoms with van der Waals surface area (Å²) in [6.07, 6.45) is 1.67. The quantitative estimate of drug-likeness (QED) is 0.652. The summed E-state index contributed by atoms with van der Waals surface area (Å²) in [5.41, 5.74) is 4.51. The van der Waals surface area contributed by atoms with Crippen LogP contribution in [0.1, 0.15) is 5.56 Å². The molecule has 1 N–H and O–H groups in total. The lowest BCUT2D eigenvalue weighted by atomic mass is 10.2. The van der Waals surface area contributed by atoms with Gasteiger partial charge >= 0.3 is 0 Å². The van der Waals surface area contributed by atoms with E-state index in [-0.39, 0.29) is 0 Å². The highest BCUT2D eigenvalue weighted by molar-refractivity contribution is 6.42. The van der Waals surface area contributed by atoms with E-state index in [4.69, 9.17) is 32.7 Å². The zero-order valence-corrected chi connectivity index (χ0v) is 13.1. The van der Waals surface area contributed by atoms with Crippen LogP contribution in [-0.2, 0) is 0 Å². The average Bonchev–Trinajstić information content (AvgIpc) is 2.50. The summed E-state index contributed by atoms with van der Waals surface area (Å²) in [7, 11) is 3.18. The Morgan fingerprint density at radius 3 is 2.38 bits per heavy atom. The standard InChI is InChI=1S/C15H14Cl2N2O2/c1-20-14-6-3-10(7-15(14)21-2)9-18-19-11-4-5-12(16)13(17)8-11/h3-9,19H,1-2H3/b18-9-. The molecule has 0 saturated carbocycles. The Kier molecular flexibility index (Phi) is 5.31. The minimum Gasteiger partial charge on any atom is -0.493 e. The number of hydrogen-bond donors (Lipinski definition) is 1. The molecule has 0 aliphatic carbocycles. The van der Waals surface area contributed by atoms with E-state index in [2.05, 4.69) is 10.5 Å². The molecule has 0 saturated heterocycles. The van der Waals surface area contributed by atoms with Crippen molar-refractivity contribution in [2.75, 3.05) is 19.6 Å². The van der Waals surface area contributed by atoms with Gasteiger partial charge in [0.25, 0.3) is 0 Å². The van der Waals surface area contributed by atoms with E-state index in [0.717, 1.165) is 11.3 Å². The van der Waals surface area contributed by atoms with Crippen LogP contribution in [0.15, 0.2) is 41.5 Å². The number of rotatable bonds is 5. The van der Waals surface area contributed by atoms with Gasteiger partial charge in [-0.1, -0.05) is 23.2 Å². The van der Waals surface area contributed by atoms with Gasteiger partial charge in [-0.15, -0.1) is 0 Å². The second-order valence-corrected chi connectivity index (χ2v) is 4.93. The topological polar surface area (TPSA) is 42.8 Å². The first-order valence-corrected chi connectivity index (χ1v) is 6.86. The van der Waals surface area contributed by atoms with Crippen molar-refractivity contribution in [1.82, 2.24) is 0 Å². The summed E-state index contributed by atoms with van der Waals surface area (Å²) in [5.74, 6) is 1.32. The lowest BCUT2D eigenvalue weighted by molar-refractivity contribution is 0.355. The molecule has 0 aliphatic rings. The number of nitrogens with one attached hydrogen (secondary N) is 1. The van der Waals surface area contributed by atoms with Crippen molar-refractivity contribution in [2.45, 2.75) is 0 Å². The van der Waals surface area contributed by atoms with E-state index in [0.29, 0.717) is 21.5 Å². The second-order valence-electron chi connectivity index (χ2n) is 4.11. The Bertz CT molecular complexity index is 660. The zero-order valence-electron chi connectivity index (χ0n) is 11.6. The van der Waals surface area contributed by atoms with Gasteiger partial charge in [-0.2, -0.15) is 5.10 Å². The third-order valence-electron chi connectivity index (χ3n) is 2.73. The molecule has 0 aliphatic heterocycles. The molecule has 2 aromatic rings. The molecular formula is C15H14Cl2N2O2. The molecule has 6 heteroatoms. The van der Waals surface area contributed by atoms with Gasteiger partial charge in [-0.05, 0) is 42.0 Å². The fourth-order valence-electron chi connectivity index (χ4n) is 1.68. The third kappa shape index (κ3) is 4.03. The minimum atomic E-state index is 0.475. The van der Waals surface area contributed by atoms with Crippen molar-refractivity contribution >= 4 is 35.1 Å². The van der Waals surface area contributed by atoms with Gasteiger partial charge < -0.3 is 9.47 Å². The Hall–Kier alpha value is -1.91. The van der Waals surface area contributed by atoms with Gasteiger partial charge in [0, 0.05) is 0 Å². The summed E-state index contributed by atoms with van der Waals surface area (Å²) in [4.78, 5) is 0. The maximum absolute atomic E-state index is 5.93. The highest BCUT2D eigenvalue weighted by atomic mass is 35.5. The molecule has 2 aromatic carbocycles. The number of anilines is 1. The third-order valence-corrected chi connectivity index (χ3v) is 3.47. The van der Waals surface area contributed by atoms with E-state index in [9.17, 15) is 0 Å². The lowest BCUT2D eigenvalue weighted by Crippen LogP contribution is -1.94. The van der Waals surface area contributed by atoms with Crippen molar-refractivity contribution in [2.24, 2.45) is 5.10 Å². The van der Waals surface area contributed by atoms with E-state index in [1.807, 2.05) is 18.2 Å². The van der Waals surface area contributed by atoms with Gasteiger partial charge in [-0.3, -0.25) is 5.43 Å². The fraction of sp³-hybridized carbons (Fsp3) is 0.133. The van der Waals surface area contributed by atoms with Gasteiger partial charge in [0.15, 0.2) is 11.5 Å². The van der Waals surface area contributed by atoms with Crippen LogP contribution in [0.2, 0.25) is 10.0 Å². The predicted octanol–water partition coefficient (Wildman–Crippen LogP) is 4.46. The highest BCUT2D eigenvalue weighted by Crippen LogP contribution is 2.27. The first-order valence-electron chi connectivity index (χ1n) is 6.10. The van der Waals surface area contributed by atoms with Crippen molar-refractivity contribution in [3.8, 4) is 11.5 Å². The van der Waals surface area contributed by atoms with Crippen molar-refractivity contribution in [1.29, 1.82) is 0 Å². The Labute approximate surface area is 133 Å². The molecular weight excluding hydrogens is 311 g/mol. The van der Waals surface area contributed by atoms with Crippen LogP contribution in [0.4, 0.5) is 5.69 Å². The van der Waals surface area contributed by atoms with Crippen LogP contribution in [0.25, 0.3) is 0 Å². The normalized spacial score (nSPS) is 10.7. The lowest BCUT2D eigenvalue weighted by Gasteiger charge is -2.07. The Morgan fingerprint density at radius 1 is 0.952 bits per heavy atom. The SMILES string of the molecule is COc1ccc(/C=N\Nc2ccc(Cl)c(Cl)c2)cc1OC. The first-order chi connectivity index (χ1) is 10.1. The van der Waals surface area contributed by atoms with Crippen LogP contribution in [-0.4, -0.2) is 20.4 Å². The summed E-state index contributed by atoms with van der Waals surface area (Å²) in [6, 6.07) is 10.7. The molecule has 0 spiro atoms. The molecule has 21 heavy (non-hydrogen) atoms. The smallest absolute Gasteiger partial charge is 0.161 e. The van der Waals surface area contributed by atoms with Gasteiger partial charge in [0.05, 0.1) is 36.2 Å². The Balaban J connectivity index is 2.08. The maximum atomic E-state index is 5.93. The highest BCUT2D eigenvalue weighted by Gasteiger charge is 2.03. The van der Waals surface area contributed by atoms with Gasteiger partial charge in [-0.25, -0.2) is 0 Å². The number of ether oxygens (including phenoxy) is 2. The average molecular weight is 325 g/mol. The summed E-state index contributed by atoms with van der Waals surface area (Å²) in [5, 5.41) is 5.12. The number of hydrazone groups is 1. The molecule has 0 fully saturated rings. The molecule has 0 bridgehead atoms. The maximum Gasteiger partial charge on any atom is 0.161 e. The van der Waals surface area contributed by atoms with E-state index < -0.39 is 0 Å². The van der Waals surface area contributed by atoms with E-state index in [1.165, 1.54) is 0 Å². The molecule has 0 heterocycles. The molecule has 0 amide bonds. The zero-order chi connectivity index (χ0) is 15.2. The monoisotopic (exact) mass is 324 g/mol. The fourth-order valence-corrected chi connectivity index (χ4v) is 1.98. The molecule has 2 rings (SSSR count). The van der Waals surface area contributed by atoms with E-state index >= 15 is 0 Å². The molecule has 0 radical (unpaired) electrons. The molecule has 0 unspecified atom stereocenters.